The van der Waals surface area contributed by atoms with Crippen LogP contribution in [0.15, 0.2) is 35.0 Å². The van der Waals surface area contributed by atoms with Crippen LogP contribution in [0.3, 0.4) is 0 Å². The summed E-state index contributed by atoms with van der Waals surface area (Å²) >= 11 is 6.22. The maximum absolute atomic E-state index is 12.4. The van der Waals surface area contributed by atoms with Crippen LogP contribution in [-0.2, 0) is 14.4 Å². The molecule has 1 aromatic heterocycles. The summed E-state index contributed by atoms with van der Waals surface area (Å²) in [5.41, 5.74) is 6.00. The number of hydrogen-bond acceptors (Lipinski definition) is 9. The third-order valence-corrected chi connectivity index (χ3v) is 6.64. The number of thioether (sulfide) groups is 1. The van der Waals surface area contributed by atoms with Crippen LogP contribution in [0.1, 0.15) is 12.1 Å². The average molecular weight is 426 g/mol. The van der Waals surface area contributed by atoms with E-state index < -0.39 is 22.6 Å². The number of amides is 2. The van der Waals surface area contributed by atoms with Crippen LogP contribution < -0.4 is 11.1 Å². The van der Waals surface area contributed by atoms with E-state index in [0.29, 0.717) is 6.42 Å². The minimum atomic E-state index is -0.869. The molecule has 1 unspecified atom stereocenters. The van der Waals surface area contributed by atoms with Crippen molar-refractivity contribution in [3.63, 3.8) is 0 Å². The zero-order valence-electron chi connectivity index (χ0n) is 13.7. The molecule has 3 heterocycles. The highest BCUT2D eigenvalue weighted by molar-refractivity contribution is 8.06. The van der Waals surface area contributed by atoms with Crippen molar-refractivity contribution in [3.05, 3.63) is 35.5 Å². The Balaban J connectivity index is 1.76. The van der Waals surface area contributed by atoms with Gasteiger partial charge in [0.1, 0.15) is 17.1 Å². The van der Waals surface area contributed by atoms with E-state index in [0.717, 1.165) is 16.9 Å². The van der Waals surface area contributed by atoms with E-state index in [-0.39, 0.29) is 27.6 Å². The van der Waals surface area contributed by atoms with Crippen LogP contribution in [-0.4, -0.2) is 54.4 Å². The van der Waals surface area contributed by atoms with Gasteiger partial charge in [0, 0.05) is 11.6 Å². The van der Waals surface area contributed by atoms with Crippen LogP contribution >= 0.6 is 35.7 Å². The number of oxime groups is 1. The number of rotatable bonds is 6. The molecular weight excluding hydrogens is 410 g/mol. The highest BCUT2D eigenvalue weighted by atomic mass is 32.2. The summed E-state index contributed by atoms with van der Waals surface area (Å²) in [7, 11) is 0. The van der Waals surface area contributed by atoms with Gasteiger partial charge in [0.2, 0.25) is 5.12 Å². The summed E-state index contributed by atoms with van der Waals surface area (Å²) in [5.74, 6) is -1.10. The van der Waals surface area contributed by atoms with Crippen molar-refractivity contribution >= 4 is 63.5 Å². The number of aromatic nitrogens is 1. The summed E-state index contributed by atoms with van der Waals surface area (Å²) in [6.45, 7) is 3.65. The first kappa shape index (κ1) is 19.5. The van der Waals surface area contributed by atoms with Crippen molar-refractivity contribution in [1.29, 1.82) is 0 Å². The van der Waals surface area contributed by atoms with E-state index in [4.69, 9.17) is 10.9 Å². The Labute approximate surface area is 167 Å². The lowest BCUT2D eigenvalue weighted by Crippen LogP contribution is -2.69. The Hall–Kier alpha value is -2.31. The van der Waals surface area contributed by atoms with Crippen LogP contribution in [0, 0.1) is 0 Å². The van der Waals surface area contributed by atoms with Gasteiger partial charge in [-0.25, -0.2) is 4.98 Å². The number of nitrogens with zero attached hydrogens (tertiary/aromatic N) is 3. The second-order valence-electron chi connectivity index (χ2n) is 5.66. The Bertz CT molecular complexity index is 881. The van der Waals surface area contributed by atoms with E-state index in [2.05, 4.69) is 34.7 Å². The molecule has 2 aliphatic heterocycles. The molecule has 3 atom stereocenters. The summed E-state index contributed by atoms with van der Waals surface area (Å²) in [4.78, 5) is 42.0. The van der Waals surface area contributed by atoms with E-state index in [1.807, 2.05) is 0 Å². The first-order chi connectivity index (χ1) is 12.9. The van der Waals surface area contributed by atoms with Crippen molar-refractivity contribution < 1.29 is 19.6 Å². The number of β-lactam (4-membered cyclic amide) rings is 1. The minimum Gasteiger partial charge on any atom is -0.410 e. The number of fused-ring (bicyclic) bond motifs is 1. The first-order valence-electron chi connectivity index (χ1n) is 7.63. The third-order valence-electron chi connectivity index (χ3n) is 3.97. The average Bonchev–Trinajstić information content (AvgIpc) is 3.06. The Kier molecular flexibility index (Phi) is 5.58. The van der Waals surface area contributed by atoms with Gasteiger partial charge in [-0.1, -0.05) is 11.2 Å². The lowest BCUT2D eigenvalue weighted by molar-refractivity contribution is -0.144. The number of thiol groups is 1. The number of nitrogens with one attached hydrogen (secondary N) is 1. The highest BCUT2D eigenvalue weighted by Crippen LogP contribution is 2.42. The third kappa shape index (κ3) is 3.59. The zero-order chi connectivity index (χ0) is 19.7. The van der Waals surface area contributed by atoms with Crippen molar-refractivity contribution in [2.45, 2.75) is 23.1 Å². The highest BCUT2D eigenvalue weighted by Gasteiger charge is 2.52. The molecule has 3 rings (SSSR count). The molecule has 0 aromatic carbocycles. The SMILES string of the molecule is C=CCC1=CN2C(=O)[C@@H](NC(=O)/C(=N\O)c3csc(N)n3)[C@H]2SC1C(=O)S. The molecule has 12 heteroatoms. The van der Waals surface area contributed by atoms with Crippen LogP contribution in [0.25, 0.3) is 0 Å². The van der Waals surface area contributed by atoms with E-state index in [1.165, 1.54) is 22.0 Å². The summed E-state index contributed by atoms with van der Waals surface area (Å²) in [6, 6.07) is -0.869. The predicted molar refractivity (Wildman–Crippen MR) is 106 cm³/mol. The van der Waals surface area contributed by atoms with Gasteiger partial charge in [0.25, 0.3) is 11.8 Å². The van der Waals surface area contributed by atoms with Gasteiger partial charge in [0.05, 0.1) is 5.25 Å². The Morgan fingerprint density at radius 2 is 2.30 bits per heavy atom. The fraction of sp³-hybridized carbons (Fsp3) is 0.267. The smallest absolute Gasteiger partial charge is 0.276 e. The maximum Gasteiger partial charge on any atom is 0.276 e. The maximum atomic E-state index is 12.4. The molecule has 1 aromatic rings. The molecule has 2 amide bonds. The topological polar surface area (TPSA) is 138 Å². The molecule has 0 aliphatic carbocycles. The Morgan fingerprint density at radius 3 is 2.85 bits per heavy atom. The fourth-order valence-electron chi connectivity index (χ4n) is 2.74. The van der Waals surface area contributed by atoms with Crippen molar-refractivity contribution in [2.24, 2.45) is 5.16 Å². The Morgan fingerprint density at radius 1 is 1.56 bits per heavy atom. The largest absolute Gasteiger partial charge is 0.410 e. The van der Waals surface area contributed by atoms with Gasteiger partial charge >= 0.3 is 0 Å². The number of allylic oxidation sites excluding steroid dienone is 1. The van der Waals surface area contributed by atoms with Crippen molar-refractivity contribution in [3.8, 4) is 0 Å². The molecule has 1 saturated heterocycles. The molecule has 9 nitrogen and oxygen atoms in total. The quantitative estimate of drug-likeness (QED) is 0.131. The number of carbonyl (C=O) groups is 3. The molecule has 0 spiro atoms. The number of nitrogen functional groups attached to an aromatic ring is 1. The zero-order valence-corrected chi connectivity index (χ0v) is 16.3. The summed E-state index contributed by atoms with van der Waals surface area (Å²) in [5, 5.41) is 15.0. The molecule has 142 valence electrons. The van der Waals surface area contributed by atoms with Gasteiger partial charge in [-0.15, -0.1) is 42.3 Å². The molecule has 0 bridgehead atoms. The second kappa shape index (κ2) is 7.74. The molecule has 27 heavy (non-hydrogen) atoms. The second-order valence-corrected chi connectivity index (χ2v) is 8.21. The van der Waals surface area contributed by atoms with Gasteiger partial charge in [-0.2, -0.15) is 0 Å². The fourth-order valence-corrected chi connectivity index (χ4v) is 5.00. The molecule has 1 fully saturated rings. The lowest BCUT2D eigenvalue weighted by Gasteiger charge is -2.48. The molecule has 0 radical (unpaired) electrons. The number of thiazole rings is 1. The predicted octanol–water partition coefficient (Wildman–Crippen LogP) is 0.588. The lowest BCUT2D eigenvalue weighted by atomic mass is 10.0. The standard InChI is InChI=1S/C15H15N5O4S3/c1-2-3-6-4-20-12(22)9(13(20)27-10(6)14(23)25)18-11(21)8(19-24)7-5-26-15(16)17-7/h2,4-5,9-10,13,24H,1,3H2,(H2,16,17)(H,18,21)(H,23,25)/b19-8-/t9-,10?,13-/m1/s1. The van der Waals surface area contributed by atoms with Crippen LogP contribution in [0.4, 0.5) is 5.13 Å². The van der Waals surface area contributed by atoms with E-state index >= 15 is 0 Å². The molecular formula is C15H15N5O4S3. The van der Waals surface area contributed by atoms with Gasteiger partial charge in [0.15, 0.2) is 10.8 Å². The number of hydrogen-bond donors (Lipinski definition) is 4. The molecule has 0 saturated carbocycles. The normalized spacial score (nSPS) is 24.6. The van der Waals surface area contributed by atoms with Crippen molar-refractivity contribution in [2.75, 3.05) is 5.73 Å². The summed E-state index contributed by atoms with van der Waals surface area (Å²) in [6.07, 6.45) is 3.70. The van der Waals surface area contributed by atoms with Crippen LogP contribution in [0.5, 0.6) is 0 Å². The monoisotopic (exact) mass is 425 g/mol. The van der Waals surface area contributed by atoms with Gasteiger partial charge in [-0.05, 0) is 12.0 Å². The van der Waals surface area contributed by atoms with Crippen molar-refractivity contribution in [1.82, 2.24) is 15.2 Å². The first-order valence-corrected chi connectivity index (χ1v) is 9.90. The number of anilines is 1. The van der Waals surface area contributed by atoms with Gasteiger partial charge < -0.3 is 21.2 Å². The van der Waals surface area contributed by atoms with E-state index in [9.17, 15) is 14.4 Å². The van der Waals surface area contributed by atoms with Gasteiger partial charge in [-0.3, -0.25) is 14.4 Å². The van der Waals surface area contributed by atoms with Crippen LogP contribution in [0.2, 0.25) is 0 Å². The van der Waals surface area contributed by atoms with E-state index in [1.54, 1.807) is 12.3 Å². The number of carbonyl (C=O) groups excluding carboxylic acids is 3. The molecule has 2 aliphatic rings. The molecule has 4 N–H and O–H groups in total. The number of nitrogens with two attached hydrogens (primary N) is 1. The minimum absolute atomic E-state index is 0.106. The summed E-state index contributed by atoms with van der Waals surface area (Å²) < 4.78 is 0.